The van der Waals surface area contributed by atoms with Gasteiger partial charge in [-0.15, -0.1) is 12.4 Å². The van der Waals surface area contributed by atoms with Gasteiger partial charge in [0.15, 0.2) is 0 Å². The number of hydrogen-bond donors (Lipinski definition) is 1. The summed E-state index contributed by atoms with van der Waals surface area (Å²) in [4.78, 5) is 14.3. The molecule has 1 aliphatic carbocycles. The van der Waals surface area contributed by atoms with Crippen molar-refractivity contribution in [3.05, 3.63) is 0 Å². The van der Waals surface area contributed by atoms with E-state index in [0.717, 1.165) is 19.5 Å². The van der Waals surface area contributed by atoms with Crippen LogP contribution in [0.5, 0.6) is 0 Å². The smallest absolute Gasteiger partial charge is 0.225 e. The minimum atomic E-state index is 0. The first-order chi connectivity index (χ1) is 7.59. The number of nitrogens with two attached hydrogens (primary N) is 1. The van der Waals surface area contributed by atoms with E-state index in [1.165, 1.54) is 19.3 Å². The maximum Gasteiger partial charge on any atom is 0.225 e. The Morgan fingerprint density at radius 3 is 2.41 bits per heavy atom. The fraction of sp³-hybridized carbons (Fsp3) is 0.923. The highest BCUT2D eigenvalue weighted by atomic mass is 35.5. The quantitative estimate of drug-likeness (QED) is 0.844. The molecule has 1 saturated heterocycles. The number of nitrogens with zero attached hydrogens (tertiary/aromatic N) is 1. The zero-order valence-electron chi connectivity index (χ0n) is 10.9. The third-order valence-corrected chi connectivity index (χ3v) is 4.23. The predicted molar refractivity (Wildman–Crippen MR) is 72.1 cm³/mol. The van der Waals surface area contributed by atoms with Crippen LogP contribution in [0.4, 0.5) is 0 Å². The molecule has 1 aliphatic heterocycles. The van der Waals surface area contributed by atoms with E-state index in [2.05, 4.69) is 18.7 Å². The largest absolute Gasteiger partial charge is 0.342 e. The molecule has 0 aromatic rings. The summed E-state index contributed by atoms with van der Waals surface area (Å²) in [6, 6.07) is 0.215. The molecule has 0 aromatic heterocycles. The molecule has 1 saturated carbocycles. The van der Waals surface area contributed by atoms with Crippen LogP contribution < -0.4 is 5.73 Å². The molecular formula is C13H25ClN2O. The van der Waals surface area contributed by atoms with Gasteiger partial charge in [0.05, 0.1) is 0 Å². The molecule has 100 valence electrons. The minimum absolute atomic E-state index is 0. The Morgan fingerprint density at radius 2 is 1.88 bits per heavy atom. The molecule has 3 unspecified atom stereocenters. The lowest BCUT2D eigenvalue weighted by atomic mass is 9.91. The molecule has 0 bridgehead atoms. The highest BCUT2D eigenvalue weighted by molar-refractivity contribution is 5.85. The number of halogens is 1. The Labute approximate surface area is 111 Å². The van der Waals surface area contributed by atoms with E-state index in [4.69, 9.17) is 5.73 Å². The van der Waals surface area contributed by atoms with Crippen LogP contribution >= 0.6 is 12.4 Å². The third kappa shape index (κ3) is 3.59. The van der Waals surface area contributed by atoms with Gasteiger partial charge in [-0.25, -0.2) is 0 Å². The predicted octanol–water partition coefficient (Wildman–Crippen LogP) is 2.04. The van der Waals surface area contributed by atoms with E-state index >= 15 is 0 Å². The molecule has 3 atom stereocenters. The van der Waals surface area contributed by atoms with Crippen LogP contribution in [0.1, 0.15) is 39.5 Å². The van der Waals surface area contributed by atoms with Gasteiger partial charge in [-0.3, -0.25) is 4.79 Å². The molecule has 3 nitrogen and oxygen atoms in total. The van der Waals surface area contributed by atoms with Gasteiger partial charge >= 0.3 is 0 Å². The molecular weight excluding hydrogens is 236 g/mol. The van der Waals surface area contributed by atoms with Gasteiger partial charge in [0.1, 0.15) is 0 Å². The molecule has 1 heterocycles. The lowest BCUT2D eigenvalue weighted by molar-refractivity contribution is -0.137. The number of piperidine rings is 1. The van der Waals surface area contributed by atoms with Crippen molar-refractivity contribution in [1.29, 1.82) is 0 Å². The maximum atomic E-state index is 12.2. The van der Waals surface area contributed by atoms with Crippen LogP contribution in [-0.4, -0.2) is 29.9 Å². The Hall–Kier alpha value is -0.280. The molecule has 2 aliphatic rings. The zero-order chi connectivity index (χ0) is 11.7. The second-order valence-corrected chi connectivity index (χ2v) is 5.67. The summed E-state index contributed by atoms with van der Waals surface area (Å²) in [5.41, 5.74) is 5.94. The van der Waals surface area contributed by atoms with Crippen LogP contribution in [0.25, 0.3) is 0 Å². The lowest BCUT2D eigenvalue weighted by Crippen LogP contribution is -2.46. The van der Waals surface area contributed by atoms with Crippen molar-refractivity contribution in [2.45, 2.75) is 45.6 Å². The normalized spacial score (nSPS) is 28.2. The Balaban J connectivity index is 0.00000144. The molecule has 2 N–H and O–H groups in total. The average molecular weight is 261 g/mol. The van der Waals surface area contributed by atoms with Crippen molar-refractivity contribution < 1.29 is 4.79 Å². The van der Waals surface area contributed by atoms with E-state index in [-0.39, 0.29) is 24.4 Å². The van der Waals surface area contributed by atoms with Gasteiger partial charge in [-0.2, -0.15) is 0 Å². The third-order valence-electron chi connectivity index (χ3n) is 4.23. The first-order valence-corrected chi connectivity index (χ1v) is 6.64. The van der Waals surface area contributed by atoms with Gasteiger partial charge in [0.2, 0.25) is 5.91 Å². The number of carbonyl (C=O) groups is 1. The number of hydrogen-bond acceptors (Lipinski definition) is 2. The van der Waals surface area contributed by atoms with Crippen molar-refractivity contribution in [2.75, 3.05) is 13.1 Å². The first kappa shape index (κ1) is 14.8. The van der Waals surface area contributed by atoms with Gasteiger partial charge in [0, 0.05) is 25.0 Å². The highest BCUT2D eigenvalue weighted by Crippen LogP contribution is 2.37. The fourth-order valence-corrected chi connectivity index (χ4v) is 2.73. The van der Waals surface area contributed by atoms with Crippen molar-refractivity contribution in [3.8, 4) is 0 Å². The molecule has 0 aromatic carbocycles. The minimum Gasteiger partial charge on any atom is -0.342 e. The Bertz CT molecular complexity index is 266. The summed E-state index contributed by atoms with van der Waals surface area (Å²) >= 11 is 0. The SMILES string of the molecule is CC(N)C1CCCN(C(=O)C(C)C2CC2)C1.Cl. The molecule has 0 spiro atoms. The topological polar surface area (TPSA) is 46.3 Å². The summed E-state index contributed by atoms with van der Waals surface area (Å²) in [6.07, 6.45) is 4.80. The molecule has 2 rings (SSSR count). The van der Waals surface area contributed by atoms with Crippen LogP contribution in [0, 0.1) is 17.8 Å². The molecule has 17 heavy (non-hydrogen) atoms. The maximum absolute atomic E-state index is 12.2. The first-order valence-electron chi connectivity index (χ1n) is 6.64. The van der Waals surface area contributed by atoms with Gasteiger partial charge < -0.3 is 10.6 Å². The van der Waals surface area contributed by atoms with Crippen LogP contribution in [-0.2, 0) is 4.79 Å². The summed E-state index contributed by atoms with van der Waals surface area (Å²) in [5, 5.41) is 0. The highest BCUT2D eigenvalue weighted by Gasteiger charge is 2.36. The average Bonchev–Trinajstić information content (AvgIpc) is 3.11. The van der Waals surface area contributed by atoms with Crippen molar-refractivity contribution >= 4 is 18.3 Å². The van der Waals surface area contributed by atoms with Crippen LogP contribution in [0.3, 0.4) is 0 Å². The Morgan fingerprint density at radius 1 is 1.24 bits per heavy atom. The number of likely N-dealkylation sites (tertiary alicyclic amines) is 1. The lowest BCUT2D eigenvalue weighted by Gasteiger charge is -2.36. The van der Waals surface area contributed by atoms with Crippen LogP contribution in [0.15, 0.2) is 0 Å². The second kappa shape index (κ2) is 6.05. The van der Waals surface area contributed by atoms with Crippen molar-refractivity contribution in [3.63, 3.8) is 0 Å². The second-order valence-electron chi connectivity index (χ2n) is 5.67. The monoisotopic (exact) mass is 260 g/mol. The van der Waals surface area contributed by atoms with Crippen molar-refractivity contribution in [1.82, 2.24) is 4.90 Å². The molecule has 1 amide bonds. The van der Waals surface area contributed by atoms with E-state index in [1.807, 2.05) is 0 Å². The Kier molecular flexibility index (Phi) is 5.26. The fourth-order valence-electron chi connectivity index (χ4n) is 2.73. The van der Waals surface area contributed by atoms with E-state index in [9.17, 15) is 4.79 Å². The summed E-state index contributed by atoms with van der Waals surface area (Å²) in [7, 11) is 0. The number of carbonyl (C=O) groups excluding carboxylic acids is 1. The van der Waals surface area contributed by atoms with E-state index < -0.39 is 0 Å². The van der Waals surface area contributed by atoms with E-state index in [1.54, 1.807) is 0 Å². The van der Waals surface area contributed by atoms with E-state index in [0.29, 0.717) is 17.7 Å². The molecule has 0 radical (unpaired) electrons. The summed E-state index contributed by atoms with van der Waals surface area (Å²) in [6.45, 7) is 5.98. The molecule has 4 heteroatoms. The summed E-state index contributed by atoms with van der Waals surface area (Å²) < 4.78 is 0. The van der Waals surface area contributed by atoms with Gasteiger partial charge in [-0.05, 0) is 44.4 Å². The molecule has 2 fully saturated rings. The van der Waals surface area contributed by atoms with Crippen LogP contribution in [0.2, 0.25) is 0 Å². The summed E-state index contributed by atoms with van der Waals surface area (Å²) in [5.74, 6) is 1.78. The van der Waals surface area contributed by atoms with Gasteiger partial charge in [0.25, 0.3) is 0 Å². The standard InChI is InChI=1S/C13H24N2O.ClH/c1-9(11-5-6-11)13(16)15-7-3-4-12(8-15)10(2)14;/h9-12H,3-8,14H2,1-2H3;1H. The van der Waals surface area contributed by atoms with Gasteiger partial charge in [-0.1, -0.05) is 6.92 Å². The number of rotatable bonds is 3. The van der Waals surface area contributed by atoms with Crippen molar-refractivity contribution in [2.24, 2.45) is 23.5 Å². The zero-order valence-corrected chi connectivity index (χ0v) is 11.7. The number of amides is 1.